The van der Waals surface area contributed by atoms with Crippen LogP contribution in [0, 0.1) is 11.6 Å². The summed E-state index contributed by atoms with van der Waals surface area (Å²) in [7, 11) is 0. The maximum atomic E-state index is 13.4. The fourth-order valence-corrected chi connectivity index (χ4v) is 5.18. The van der Waals surface area contributed by atoms with Gasteiger partial charge in [-0.05, 0) is 53.5 Å². The first-order valence-corrected chi connectivity index (χ1v) is 17.9. The van der Waals surface area contributed by atoms with Gasteiger partial charge in [-0.1, -0.05) is 99.4 Å². The van der Waals surface area contributed by atoms with Crippen LogP contribution in [0.1, 0.15) is 145 Å². The Bertz CT molecular complexity index is 1860. The Labute approximate surface area is 330 Å². The summed E-state index contributed by atoms with van der Waals surface area (Å²) in [5, 5.41) is 1.21. The highest BCUT2D eigenvalue weighted by molar-refractivity contribution is 6.34. The van der Waals surface area contributed by atoms with Gasteiger partial charge in [0.1, 0.15) is 11.6 Å². The number of aromatic nitrogens is 4. The minimum Gasteiger partial charge on any atom is -0.260 e. The molecule has 0 radical (unpaired) electrons. The molecule has 0 spiro atoms. The van der Waals surface area contributed by atoms with Crippen molar-refractivity contribution in [2.24, 2.45) is 0 Å². The van der Waals surface area contributed by atoms with Gasteiger partial charge in [-0.15, -0.1) is 0 Å². The molecule has 0 unspecified atom stereocenters. The van der Waals surface area contributed by atoms with Crippen molar-refractivity contribution in [3.63, 3.8) is 0 Å². The first kappa shape index (κ1) is 50.4. The molecular formula is C39H45Cl2F11N4. The fraction of sp³-hybridized carbons (Fsp3) is 0.487. The number of hydrogen-bond donors (Lipinski definition) is 0. The molecule has 0 fully saturated rings. The molecule has 4 aromatic rings. The molecule has 17 heteroatoms. The van der Waals surface area contributed by atoms with Crippen LogP contribution in [0.3, 0.4) is 0 Å². The summed E-state index contributed by atoms with van der Waals surface area (Å²) in [4.78, 5) is 15.0. The minimum atomic E-state index is -4.84. The largest absolute Gasteiger partial charge is 0.418 e. The maximum absolute atomic E-state index is 13.4. The van der Waals surface area contributed by atoms with Gasteiger partial charge in [0.05, 0.1) is 49.5 Å². The van der Waals surface area contributed by atoms with Crippen molar-refractivity contribution in [2.75, 3.05) is 0 Å². The summed E-state index contributed by atoms with van der Waals surface area (Å²) in [6, 6.07) is 3.88. The molecule has 0 saturated carbocycles. The molecule has 0 aliphatic carbocycles. The van der Waals surface area contributed by atoms with Crippen molar-refractivity contribution < 1.29 is 48.3 Å². The molecule has 0 atom stereocenters. The molecule has 0 bridgehead atoms. The van der Waals surface area contributed by atoms with Crippen LogP contribution in [0.4, 0.5) is 48.3 Å². The average Bonchev–Trinajstić information content (AvgIpc) is 3.03. The number of alkyl halides is 9. The van der Waals surface area contributed by atoms with Crippen LogP contribution >= 0.6 is 23.2 Å². The van der Waals surface area contributed by atoms with Crippen molar-refractivity contribution >= 4 is 23.2 Å². The highest BCUT2D eigenvalue weighted by Crippen LogP contribution is 2.38. The Morgan fingerprint density at radius 2 is 0.893 bits per heavy atom. The van der Waals surface area contributed by atoms with Crippen molar-refractivity contribution in [2.45, 2.75) is 124 Å². The SMILES string of the molecule is CC(C)(C)c1ncc(Cl)cc1Cl.CC(C)c1cnc(C(C)C)c(F)c1.CC(C)c1ncc(C(F)(F)F)cc1C(F)(F)F.CC(C)c1ncc(C(F)(F)F)cc1F. The van der Waals surface area contributed by atoms with E-state index < -0.39 is 47.0 Å². The second-order valence-electron chi connectivity index (χ2n) is 14.7. The topological polar surface area (TPSA) is 51.6 Å². The van der Waals surface area contributed by atoms with E-state index in [0.29, 0.717) is 40.1 Å². The van der Waals surface area contributed by atoms with E-state index in [0.717, 1.165) is 11.3 Å². The molecule has 0 aliphatic rings. The van der Waals surface area contributed by atoms with E-state index in [9.17, 15) is 48.3 Å². The van der Waals surface area contributed by atoms with Crippen molar-refractivity contribution in [3.8, 4) is 0 Å². The summed E-state index contributed by atoms with van der Waals surface area (Å²) in [6.07, 6.45) is -9.75. The Morgan fingerprint density at radius 3 is 1.23 bits per heavy atom. The molecule has 0 N–H and O–H groups in total. The third kappa shape index (κ3) is 15.7. The number of rotatable bonds is 4. The Balaban J connectivity index is 0.000000376. The molecule has 4 rings (SSSR count). The highest BCUT2D eigenvalue weighted by Gasteiger charge is 2.39. The molecular weight excluding hydrogens is 804 g/mol. The second-order valence-corrected chi connectivity index (χ2v) is 15.6. The van der Waals surface area contributed by atoms with Gasteiger partial charge in [0.15, 0.2) is 0 Å². The highest BCUT2D eigenvalue weighted by atomic mass is 35.5. The number of halogens is 13. The van der Waals surface area contributed by atoms with Gasteiger partial charge in [-0.2, -0.15) is 39.5 Å². The Morgan fingerprint density at radius 1 is 0.482 bits per heavy atom. The first-order valence-electron chi connectivity index (χ1n) is 17.1. The van der Waals surface area contributed by atoms with Gasteiger partial charge in [-0.3, -0.25) is 19.9 Å². The minimum absolute atomic E-state index is 0.0261. The van der Waals surface area contributed by atoms with Gasteiger partial charge in [-0.25, -0.2) is 8.78 Å². The number of hydrogen-bond acceptors (Lipinski definition) is 4. The standard InChI is InChI=1S/C11H16FN.C10H9F6N.C9H11Cl2N.C9H9F4N/c1-7(2)9-5-10(12)11(8(3)4)13-6-9;1-5(2)8-7(10(14,15)16)3-6(4-17-8)9(11,12)13;1-9(2,3)8-7(11)4-6(10)5-12-8;1-5(2)8-7(10)3-6(4-14-8)9(11,12)13/h5-8H,1-4H3;3-5H,1-2H3;4-5H,1-3H3;3-5H,1-2H3. The number of nitrogens with zero attached hydrogens (tertiary/aromatic N) is 4. The van der Waals surface area contributed by atoms with Crippen LogP contribution in [0.25, 0.3) is 0 Å². The van der Waals surface area contributed by atoms with E-state index in [1.165, 1.54) is 13.8 Å². The monoisotopic (exact) mass is 848 g/mol. The quantitative estimate of drug-likeness (QED) is 0.192. The molecule has 4 nitrogen and oxygen atoms in total. The lowest BCUT2D eigenvalue weighted by Crippen LogP contribution is -2.15. The van der Waals surface area contributed by atoms with E-state index in [4.69, 9.17) is 23.2 Å². The van der Waals surface area contributed by atoms with Gasteiger partial charge in [0, 0.05) is 30.2 Å². The van der Waals surface area contributed by atoms with Crippen molar-refractivity contribution in [1.82, 2.24) is 19.9 Å². The Hall–Kier alpha value is -3.59. The van der Waals surface area contributed by atoms with E-state index >= 15 is 0 Å². The zero-order valence-electron chi connectivity index (χ0n) is 32.6. The van der Waals surface area contributed by atoms with E-state index in [2.05, 4.69) is 40.7 Å². The van der Waals surface area contributed by atoms with Crippen LogP contribution in [0.15, 0.2) is 49.1 Å². The third-order valence-electron chi connectivity index (χ3n) is 7.46. The maximum Gasteiger partial charge on any atom is 0.418 e. The van der Waals surface area contributed by atoms with E-state index in [1.807, 2.05) is 27.7 Å². The first-order chi connectivity index (χ1) is 25.3. The normalized spacial score (nSPS) is 12.2. The summed E-state index contributed by atoms with van der Waals surface area (Å²) in [6.45, 7) is 20.4. The molecule has 0 amide bonds. The molecule has 56 heavy (non-hydrogen) atoms. The second kappa shape index (κ2) is 20.2. The van der Waals surface area contributed by atoms with Crippen LogP contribution in [0.5, 0.6) is 0 Å². The number of pyridine rings is 4. The summed E-state index contributed by atoms with van der Waals surface area (Å²) >= 11 is 11.7. The molecule has 4 heterocycles. The zero-order chi connectivity index (χ0) is 43.7. The molecule has 4 aromatic heterocycles. The van der Waals surface area contributed by atoms with Crippen molar-refractivity contribution in [1.29, 1.82) is 0 Å². The molecule has 0 aromatic carbocycles. The van der Waals surface area contributed by atoms with Gasteiger partial charge in [0.25, 0.3) is 0 Å². The molecule has 0 aliphatic heterocycles. The third-order valence-corrected chi connectivity index (χ3v) is 7.96. The lowest BCUT2D eigenvalue weighted by atomic mass is 9.92. The van der Waals surface area contributed by atoms with Gasteiger partial charge < -0.3 is 0 Å². The Kier molecular flexibility index (Phi) is 18.2. The summed E-state index contributed by atoms with van der Waals surface area (Å²) < 4.78 is 137. The van der Waals surface area contributed by atoms with E-state index in [-0.39, 0.29) is 40.5 Å². The fourth-order valence-electron chi connectivity index (χ4n) is 4.52. The lowest BCUT2D eigenvalue weighted by Gasteiger charge is -2.18. The van der Waals surface area contributed by atoms with E-state index in [1.54, 1.807) is 38.4 Å². The molecule has 312 valence electrons. The van der Waals surface area contributed by atoms with Gasteiger partial charge >= 0.3 is 18.5 Å². The predicted molar refractivity (Wildman–Crippen MR) is 197 cm³/mol. The van der Waals surface area contributed by atoms with Gasteiger partial charge in [0.2, 0.25) is 0 Å². The van der Waals surface area contributed by atoms with Crippen LogP contribution in [0.2, 0.25) is 10.0 Å². The summed E-state index contributed by atoms with van der Waals surface area (Å²) in [5.74, 6) is -1.42. The lowest BCUT2D eigenvalue weighted by molar-refractivity contribution is -0.144. The van der Waals surface area contributed by atoms with Crippen LogP contribution in [-0.2, 0) is 23.9 Å². The molecule has 0 saturated heterocycles. The smallest absolute Gasteiger partial charge is 0.260 e. The van der Waals surface area contributed by atoms with Crippen LogP contribution in [-0.4, -0.2) is 19.9 Å². The zero-order valence-corrected chi connectivity index (χ0v) is 34.1. The summed E-state index contributed by atoms with van der Waals surface area (Å²) in [5.41, 5.74) is -1.74. The predicted octanol–water partition coefficient (Wildman–Crippen LogP) is 14.8. The van der Waals surface area contributed by atoms with Crippen LogP contribution < -0.4 is 0 Å². The average molecular weight is 850 g/mol. The van der Waals surface area contributed by atoms with Crippen molar-refractivity contribution in [3.05, 3.63) is 116 Å².